The molecule has 1 fully saturated rings. The Kier molecular flexibility index (Phi) is 5.31. The van der Waals surface area contributed by atoms with Crippen LogP contribution in [0.5, 0.6) is 0 Å². The maximum atomic E-state index is 11.7. The minimum absolute atomic E-state index is 0.104. The highest BCUT2D eigenvalue weighted by atomic mass is 35.5. The highest BCUT2D eigenvalue weighted by Crippen LogP contribution is 2.33. The van der Waals surface area contributed by atoms with E-state index in [9.17, 15) is 9.59 Å². The monoisotopic (exact) mass is 313 g/mol. The standard InChI is InChI=1S/C14H16ClNO3S/c15-10-3-1-2-4-11(10)20-8-7-12(17)16-13(14(18)19)9-5-6-9/h1-4,9,13H,5-8H2,(H,16,17)(H,18,19). The number of rotatable bonds is 7. The number of carboxylic acids is 1. The number of benzene rings is 1. The summed E-state index contributed by atoms with van der Waals surface area (Å²) in [6.45, 7) is 0. The maximum Gasteiger partial charge on any atom is 0.326 e. The van der Waals surface area contributed by atoms with E-state index in [4.69, 9.17) is 16.7 Å². The van der Waals surface area contributed by atoms with E-state index in [0.717, 1.165) is 17.7 Å². The zero-order valence-electron chi connectivity index (χ0n) is 10.8. The van der Waals surface area contributed by atoms with Gasteiger partial charge in [-0.25, -0.2) is 4.79 Å². The summed E-state index contributed by atoms with van der Waals surface area (Å²) in [5.74, 6) is -0.483. The van der Waals surface area contributed by atoms with E-state index in [-0.39, 0.29) is 18.2 Å². The normalized spacial score (nSPS) is 15.7. The molecule has 0 heterocycles. The molecule has 1 unspecified atom stereocenters. The van der Waals surface area contributed by atoms with Gasteiger partial charge in [0.25, 0.3) is 0 Å². The van der Waals surface area contributed by atoms with Crippen LogP contribution in [-0.2, 0) is 9.59 Å². The predicted octanol–water partition coefficient (Wildman–Crippen LogP) is 2.80. The summed E-state index contributed by atoms with van der Waals surface area (Å²) in [5.41, 5.74) is 0. The van der Waals surface area contributed by atoms with Crippen LogP contribution in [0, 0.1) is 5.92 Å². The fourth-order valence-electron chi connectivity index (χ4n) is 1.87. The Morgan fingerprint density at radius 1 is 1.40 bits per heavy atom. The molecular weight excluding hydrogens is 298 g/mol. The second-order valence-electron chi connectivity index (χ2n) is 4.75. The molecule has 1 aromatic carbocycles. The van der Waals surface area contributed by atoms with Crippen LogP contribution < -0.4 is 5.32 Å². The van der Waals surface area contributed by atoms with Crippen molar-refractivity contribution in [1.29, 1.82) is 0 Å². The molecule has 0 aromatic heterocycles. The first-order valence-corrected chi connectivity index (χ1v) is 7.84. The number of carbonyl (C=O) groups is 2. The zero-order chi connectivity index (χ0) is 14.5. The number of halogens is 1. The fourth-order valence-corrected chi connectivity index (χ4v) is 3.06. The highest BCUT2D eigenvalue weighted by Gasteiger charge is 2.37. The van der Waals surface area contributed by atoms with E-state index < -0.39 is 12.0 Å². The van der Waals surface area contributed by atoms with Crippen molar-refractivity contribution in [3.05, 3.63) is 29.3 Å². The first kappa shape index (κ1) is 15.2. The second kappa shape index (κ2) is 6.99. The van der Waals surface area contributed by atoms with Crippen LogP contribution in [-0.4, -0.2) is 28.8 Å². The third-order valence-electron chi connectivity index (χ3n) is 3.10. The third kappa shape index (κ3) is 4.42. The highest BCUT2D eigenvalue weighted by molar-refractivity contribution is 7.99. The molecule has 6 heteroatoms. The van der Waals surface area contributed by atoms with Crippen molar-refractivity contribution in [3.63, 3.8) is 0 Å². The second-order valence-corrected chi connectivity index (χ2v) is 6.29. The number of carbonyl (C=O) groups excluding carboxylic acids is 1. The minimum Gasteiger partial charge on any atom is -0.480 e. The molecule has 0 radical (unpaired) electrons. The summed E-state index contributed by atoms with van der Waals surface area (Å²) < 4.78 is 0. The Labute approximate surface area is 126 Å². The van der Waals surface area contributed by atoms with Gasteiger partial charge < -0.3 is 10.4 Å². The molecule has 20 heavy (non-hydrogen) atoms. The Morgan fingerprint density at radius 3 is 2.70 bits per heavy atom. The van der Waals surface area contributed by atoms with Crippen LogP contribution in [0.2, 0.25) is 5.02 Å². The van der Waals surface area contributed by atoms with Crippen LogP contribution in [0.1, 0.15) is 19.3 Å². The van der Waals surface area contributed by atoms with Crippen LogP contribution in [0.15, 0.2) is 29.2 Å². The van der Waals surface area contributed by atoms with Crippen molar-refractivity contribution in [2.24, 2.45) is 5.92 Å². The minimum atomic E-state index is -0.945. The average molecular weight is 314 g/mol. The van der Waals surface area contributed by atoms with Gasteiger partial charge in [0.1, 0.15) is 6.04 Å². The van der Waals surface area contributed by atoms with Crippen molar-refractivity contribution < 1.29 is 14.7 Å². The summed E-state index contributed by atoms with van der Waals surface area (Å²) >= 11 is 7.51. The van der Waals surface area contributed by atoms with E-state index in [1.807, 2.05) is 18.2 Å². The number of amides is 1. The Bertz CT molecular complexity index is 505. The topological polar surface area (TPSA) is 66.4 Å². The lowest BCUT2D eigenvalue weighted by Crippen LogP contribution is -2.42. The smallest absolute Gasteiger partial charge is 0.326 e. The fraction of sp³-hybridized carbons (Fsp3) is 0.429. The van der Waals surface area contributed by atoms with E-state index in [2.05, 4.69) is 5.32 Å². The predicted molar refractivity (Wildman–Crippen MR) is 79.1 cm³/mol. The lowest BCUT2D eigenvalue weighted by molar-refractivity contribution is -0.142. The van der Waals surface area contributed by atoms with E-state index in [1.54, 1.807) is 6.07 Å². The largest absolute Gasteiger partial charge is 0.480 e. The average Bonchev–Trinajstić information content (AvgIpc) is 3.22. The summed E-state index contributed by atoms with van der Waals surface area (Å²) in [6, 6.07) is 6.72. The molecule has 0 saturated heterocycles. The first-order valence-electron chi connectivity index (χ1n) is 6.47. The molecule has 4 nitrogen and oxygen atoms in total. The quantitative estimate of drug-likeness (QED) is 0.760. The van der Waals surface area contributed by atoms with Crippen LogP contribution in [0.25, 0.3) is 0 Å². The van der Waals surface area contributed by atoms with Gasteiger partial charge in [0, 0.05) is 17.1 Å². The third-order valence-corrected chi connectivity index (χ3v) is 4.62. The van der Waals surface area contributed by atoms with Gasteiger partial charge in [-0.05, 0) is 30.9 Å². The number of nitrogens with one attached hydrogen (secondary N) is 1. The van der Waals surface area contributed by atoms with Gasteiger partial charge in [-0.1, -0.05) is 23.7 Å². The molecule has 2 rings (SSSR count). The van der Waals surface area contributed by atoms with Crippen molar-refractivity contribution in [2.45, 2.75) is 30.2 Å². The van der Waals surface area contributed by atoms with Gasteiger partial charge in [0.2, 0.25) is 5.91 Å². The molecule has 2 N–H and O–H groups in total. The van der Waals surface area contributed by atoms with Gasteiger partial charge in [0.15, 0.2) is 0 Å². The molecule has 0 bridgehead atoms. The Hall–Kier alpha value is -1.20. The summed E-state index contributed by atoms with van der Waals surface area (Å²) in [4.78, 5) is 23.7. The van der Waals surface area contributed by atoms with Gasteiger partial charge in [-0.3, -0.25) is 4.79 Å². The number of hydrogen-bond donors (Lipinski definition) is 2. The molecule has 1 saturated carbocycles. The van der Waals surface area contributed by atoms with Crippen molar-refractivity contribution in [3.8, 4) is 0 Å². The summed E-state index contributed by atoms with van der Waals surface area (Å²) in [5, 5.41) is 12.3. The summed E-state index contributed by atoms with van der Waals surface area (Å²) in [6.07, 6.45) is 2.05. The molecule has 1 aromatic rings. The Balaban J connectivity index is 1.75. The molecule has 0 spiro atoms. The maximum absolute atomic E-state index is 11.7. The lowest BCUT2D eigenvalue weighted by atomic mass is 10.2. The van der Waals surface area contributed by atoms with Gasteiger partial charge in [-0.2, -0.15) is 0 Å². The van der Waals surface area contributed by atoms with E-state index in [0.29, 0.717) is 10.8 Å². The molecule has 1 aliphatic rings. The number of hydrogen-bond acceptors (Lipinski definition) is 3. The van der Waals surface area contributed by atoms with Gasteiger partial charge in [-0.15, -0.1) is 11.8 Å². The molecule has 1 aliphatic carbocycles. The molecule has 1 amide bonds. The lowest BCUT2D eigenvalue weighted by Gasteiger charge is -2.13. The first-order chi connectivity index (χ1) is 9.58. The zero-order valence-corrected chi connectivity index (χ0v) is 12.4. The Morgan fingerprint density at radius 2 is 2.10 bits per heavy atom. The van der Waals surface area contributed by atoms with Crippen LogP contribution in [0.4, 0.5) is 0 Å². The number of aliphatic carboxylic acids is 1. The number of carboxylic acid groups (broad SMARTS) is 1. The summed E-state index contributed by atoms with van der Waals surface area (Å²) in [7, 11) is 0. The van der Waals surface area contributed by atoms with Crippen molar-refractivity contribution in [2.75, 3.05) is 5.75 Å². The molecule has 108 valence electrons. The van der Waals surface area contributed by atoms with Gasteiger partial charge >= 0.3 is 5.97 Å². The van der Waals surface area contributed by atoms with Crippen LogP contribution in [0.3, 0.4) is 0 Å². The van der Waals surface area contributed by atoms with Crippen LogP contribution >= 0.6 is 23.4 Å². The van der Waals surface area contributed by atoms with Crippen molar-refractivity contribution >= 4 is 35.2 Å². The van der Waals surface area contributed by atoms with E-state index in [1.165, 1.54) is 11.8 Å². The van der Waals surface area contributed by atoms with E-state index >= 15 is 0 Å². The SMILES string of the molecule is O=C(CCSc1ccccc1Cl)NC(C(=O)O)C1CC1. The molecular formula is C14H16ClNO3S. The van der Waals surface area contributed by atoms with Crippen molar-refractivity contribution in [1.82, 2.24) is 5.32 Å². The number of thioether (sulfide) groups is 1. The van der Waals surface area contributed by atoms with Gasteiger partial charge in [0.05, 0.1) is 5.02 Å². The molecule has 0 aliphatic heterocycles. The molecule has 1 atom stereocenters.